The lowest BCUT2D eigenvalue weighted by atomic mass is 10.2. The van der Waals surface area contributed by atoms with Crippen LogP contribution >= 0.6 is 0 Å². The van der Waals surface area contributed by atoms with E-state index in [-0.39, 0.29) is 32.9 Å². The van der Waals surface area contributed by atoms with Crippen LogP contribution in [0, 0.1) is 0 Å². The number of nitrogens with zero attached hydrogens (tertiary/aromatic N) is 1. The van der Waals surface area contributed by atoms with Crippen molar-refractivity contribution in [1.82, 2.24) is 10.2 Å². The van der Waals surface area contributed by atoms with Gasteiger partial charge in [-0.15, -0.1) is 0 Å². The number of ether oxygens (including phenoxy) is 5. The quantitative estimate of drug-likeness (QED) is 0.333. The fourth-order valence-corrected chi connectivity index (χ4v) is 1.90. The van der Waals surface area contributed by atoms with E-state index in [1.54, 1.807) is 27.9 Å². The highest BCUT2D eigenvalue weighted by Gasteiger charge is 2.19. The first-order chi connectivity index (χ1) is 13.7. The molecule has 0 fully saturated rings. The molecule has 0 aliphatic rings. The summed E-state index contributed by atoms with van der Waals surface area (Å²) >= 11 is 0. The molecular formula is C18H34N2O9. The van der Waals surface area contributed by atoms with E-state index in [9.17, 15) is 14.4 Å². The third-order valence-corrected chi connectivity index (χ3v) is 3.13. The van der Waals surface area contributed by atoms with Crippen molar-refractivity contribution in [1.29, 1.82) is 0 Å². The lowest BCUT2D eigenvalue weighted by molar-refractivity contribution is -0.146. The van der Waals surface area contributed by atoms with Crippen molar-refractivity contribution >= 4 is 18.0 Å². The summed E-state index contributed by atoms with van der Waals surface area (Å²) in [7, 11) is 1.59. The highest BCUT2D eigenvalue weighted by molar-refractivity contribution is 5.82. The van der Waals surface area contributed by atoms with Crippen LogP contribution in [0.25, 0.3) is 0 Å². The lowest BCUT2D eigenvalue weighted by Crippen LogP contribution is -2.43. The highest BCUT2D eigenvalue weighted by Crippen LogP contribution is 2.06. The average molecular weight is 422 g/mol. The molecule has 0 heterocycles. The normalized spacial score (nSPS) is 11.2. The molecule has 0 unspecified atom stereocenters. The summed E-state index contributed by atoms with van der Waals surface area (Å²) in [4.78, 5) is 35.8. The van der Waals surface area contributed by atoms with Gasteiger partial charge in [-0.3, -0.25) is 9.59 Å². The molecule has 0 atom stereocenters. The minimum atomic E-state index is -1.16. The van der Waals surface area contributed by atoms with Crippen LogP contribution in [-0.2, 0) is 33.3 Å². The summed E-state index contributed by atoms with van der Waals surface area (Å²) < 4.78 is 25.6. The summed E-state index contributed by atoms with van der Waals surface area (Å²) in [6, 6.07) is 0. The molecule has 2 amide bonds. The maximum atomic E-state index is 12.1. The predicted molar refractivity (Wildman–Crippen MR) is 103 cm³/mol. The summed E-state index contributed by atoms with van der Waals surface area (Å²) in [6.45, 7) is 6.76. The van der Waals surface area contributed by atoms with E-state index < -0.39 is 30.1 Å². The largest absolute Gasteiger partial charge is 0.480 e. The van der Waals surface area contributed by atoms with Gasteiger partial charge in [0.1, 0.15) is 18.8 Å². The molecule has 170 valence electrons. The van der Waals surface area contributed by atoms with Gasteiger partial charge >= 0.3 is 12.1 Å². The van der Waals surface area contributed by atoms with Gasteiger partial charge in [0.05, 0.1) is 39.6 Å². The predicted octanol–water partition coefficient (Wildman–Crippen LogP) is 0.121. The molecule has 29 heavy (non-hydrogen) atoms. The molecular weight excluding hydrogens is 388 g/mol. The summed E-state index contributed by atoms with van der Waals surface area (Å²) in [5.74, 6) is -1.66. The molecule has 0 saturated heterocycles. The van der Waals surface area contributed by atoms with Crippen molar-refractivity contribution in [2.45, 2.75) is 26.4 Å². The molecule has 0 aromatic carbocycles. The van der Waals surface area contributed by atoms with Crippen LogP contribution in [0.1, 0.15) is 20.8 Å². The van der Waals surface area contributed by atoms with Gasteiger partial charge in [-0.1, -0.05) is 0 Å². The van der Waals surface area contributed by atoms with Crippen molar-refractivity contribution in [3.8, 4) is 0 Å². The summed E-state index contributed by atoms with van der Waals surface area (Å²) in [5, 5.41) is 11.4. The fraction of sp³-hybridized carbons (Fsp3) is 0.833. The third kappa shape index (κ3) is 17.9. The molecule has 0 saturated carbocycles. The maximum Gasteiger partial charge on any atom is 0.407 e. The molecule has 0 aromatic rings. The van der Waals surface area contributed by atoms with E-state index in [0.717, 1.165) is 4.90 Å². The third-order valence-electron chi connectivity index (χ3n) is 3.13. The molecule has 11 nitrogen and oxygen atoms in total. The Kier molecular flexibility index (Phi) is 14.8. The zero-order valence-corrected chi connectivity index (χ0v) is 17.7. The smallest absolute Gasteiger partial charge is 0.407 e. The number of hydrogen-bond acceptors (Lipinski definition) is 8. The second-order valence-electron chi connectivity index (χ2n) is 6.91. The molecule has 2 N–H and O–H groups in total. The number of carboxylic acids is 1. The van der Waals surface area contributed by atoms with Crippen LogP contribution < -0.4 is 5.32 Å². The Balaban J connectivity index is 4.01. The fourth-order valence-electron chi connectivity index (χ4n) is 1.90. The van der Waals surface area contributed by atoms with E-state index >= 15 is 0 Å². The van der Waals surface area contributed by atoms with Crippen LogP contribution in [0.15, 0.2) is 0 Å². The van der Waals surface area contributed by atoms with Gasteiger partial charge in [0.25, 0.3) is 0 Å². The zero-order chi connectivity index (χ0) is 22.1. The van der Waals surface area contributed by atoms with E-state index in [1.165, 1.54) is 0 Å². The molecule has 11 heteroatoms. The molecule has 0 rings (SSSR count). The number of methoxy groups -OCH3 is 1. The Labute approximate surface area is 171 Å². The van der Waals surface area contributed by atoms with Crippen molar-refractivity contribution in [2.24, 2.45) is 0 Å². The second-order valence-corrected chi connectivity index (χ2v) is 6.91. The highest BCUT2D eigenvalue weighted by atomic mass is 16.6. The maximum absolute atomic E-state index is 12.1. The molecule has 0 aliphatic carbocycles. The number of carbonyl (C=O) groups excluding carboxylic acids is 2. The Morgan fingerprint density at radius 3 is 2.00 bits per heavy atom. The number of carboxylic acid groups (broad SMARTS) is 1. The van der Waals surface area contributed by atoms with Gasteiger partial charge < -0.3 is 39.0 Å². The average Bonchev–Trinajstić information content (AvgIpc) is 2.60. The Bertz CT molecular complexity index is 480. The molecule has 0 radical (unpaired) electrons. The topological polar surface area (TPSA) is 133 Å². The van der Waals surface area contributed by atoms with Gasteiger partial charge in [-0.25, -0.2) is 4.79 Å². The van der Waals surface area contributed by atoms with E-state index in [1.807, 2.05) is 0 Å². The number of amides is 2. The van der Waals surface area contributed by atoms with Crippen LogP contribution in [0.3, 0.4) is 0 Å². The van der Waals surface area contributed by atoms with Gasteiger partial charge in [0.2, 0.25) is 5.91 Å². The number of carbonyl (C=O) groups is 3. The first-order valence-electron chi connectivity index (χ1n) is 9.34. The number of alkyl carbamates (subject to hydrolysis) is 1. The second kappa shape index (κ2) is 15.9. The minimum absolute atomic E-state index is 0.0169. The van der Waals surface area contributed by atoms with Gasteiger partial charge in [0, 0.05) is 20.2 Å². The number of rotatable bonds is 16. The SMILES string of the molecule is COCCOCCOCCOCC(=O)N(CCNC(=O)OC(C)(C)C)CC(=O)O. The van der Waals surface area contributed by atoms with Crippen molar-refractivity contribution < 1.29 is 43.2 Å². The van der Waals surface area contributed by atoms with Crippen LogP contribution in [0.2, 0.25) is 0 Å². The number of aliphatic carboxylic acids is 1. The lowest BCUT2D eigenvalue weighted by Gasteiger charge is -2.22. The van der Waals surface area contributed by atoms with Gasteiger partial charge in [-0.2, -0.15) is 0 Å². The van der Waals surface area contributed by atoms with Crippen LogP contribution in [-0.4, -0.2) is 107 Å². The minimum Gasteiger partial charge on any atom is -0.480 e. The van der Waals surface area contributed by atoms with Gasteiger partial charge in [-0.05, 0) is 20.8 Å². The van der Waals surface area contributed by atoms with E-state index in [2.05, 4.69) is 5.32 Å². The Morgan fingerprint density at radius 1 is 0.931 bits per heavy atom. The van der Waals surface area contributed by atoms with Crippen molar-refractivity contribution in [2.75, 3.05) is 73.0 Å². The first kappa shape index (κ1) is 27.0. The molecule has 0 aliphatic heterocycles. The van der Waals surface area contributed by atoms with E-state index in [4.69, 9.17) is 28.8 Å². The van der Waals surface area contributed by atoms with Crippen LogP contribution in [0.4, 0.5) is 4.79 Å². The van der Waals surface area contributed by atoms with E-state index in [0.29, 0.717) is 26.4 Å². The molecule has 0 spiro atoms. The Hall–Kier alpha value is -1.95. The molecule has 0 aromatic heterocycles. The number of hydrogen-bond donors (Lipinski definition) is 2. The first-order valence-corrected chi connectivity index (χ1v) is 9.34. The van der Waals surface area contributed by atoms with Gasteiger partial charge in [0.15, 0.2) is 0 Å². The zero-order valence-electron chi connectivity index (χ0n) is 17.7. The van der Waals surface area contributed by atoms with Crippen molar-refractivity contribution in [3.05, 3.63) is 0 Å². The van der Waals surface area contributed by atoms with Crippen LogP contribution in [0.5, 0.6) is 0 Å². The standard InChI is InChI=1S/C18H34N2O9/c1-18(2,3)29-17(24)19-5-6-20(13-16(22)23)15(21)14-28-12-11-27-10-9-26-8-7-25-4/h5-14H2,1-4H3,(H,19,24)(H,22,23). The molecule has 0 bridgehead atoms. The monoisotopic (exact) mass is 422 g/mol. The summed E-state index contributed by atoms with van der Waals surface area (Å²) in [6.07, 6.45) is -0.639. The summed E-state index contributed by atoms with van der Waals surface area (Å²) in [5.41, 5.74) is -0.646. The number of nitrogens with one attached hydrogen (secondary N) is 1. The van der Waals surface area contributed by atoms with Crippen molar-refractivity contribution in [3.63, 3.8) is 0 Å². The Morgan fingerprint density at radius 2 is 1.48 bits per heavy atom.